The number of carbonyl (C=O) groups is 3. The van der Waals surface area contributed by atoms with Crippen LogP contribution in [0.15, 0.2) is 89.8 Å². The lowest BCUT2D eigenvalue weighted by atomic mass is 9.84. The Morgan fingerprint density at radius 2 is 1.46 bits per heavy atom. The summed E-state index contributed by atoms with van der Waals surface area (Å²) >= 11 is 0. The Hall–Kier alpha value is -4.56. The minimum Gasteiger partial charge on any atom is -0.465 e. The van der Waals surface area contributed by atoms with Gasteiger partial charge >= 0.3 is 12.1 Å². The zero-order valence-corrected chi connectivity index (χ0v) is 28.1. The number of alkyl carbamates (subject to hydrolysis) is 1. The number of hydrogen-bond acceptors (Lipinski definition) is 8. The van der Waals surface area contributed by atoms with Crippen molar-refractivity contribution in [1.29, 1.82) is 0 Å². The SMILES string of the molecule is CCOC(=O)C(CC(F)(F)CCNC(=O)C(NC(=O)OC)C(c1ccccc1)c1ccccc1)N(C(C)C)S(=O)(=O)c1ccc(N)cc1. The molecule has 3 aromatic carbocycles. The third kappa shape index (κ3) is 9.97. The number of nitrogens with two attached hydrogens (primary N) is 1. The lowest BCUT2D eigenvalue weighted by Gasteiger charge is -2.34. The fraction of sp³-hybridized carbons (Fsp3) is 0.382. The van der Waals surface area contributed by atoms with E-state index in [9.17, 15) is 22.8 Å². The normalized spacial score (nSPS) is 13.2. The van der Waals surface area contributed by atoms with E-state index in [-0.39, 0.29) is 11.5 Å². The monoisotopic (exact) mass is 688 g/mol. The average molecular weight is 689 g/mol. The summed E-state index contributed by atoms with van der Waals surface area (Å²) in [6.07, 6.45) is -3.06. The van der Waals surface area contributed by atoms with Gasteiger partial charge in [-0.25, -0.2) is 22.0 Å². The molecule has 0 aromatic heterocycles. The minimum absolute atomic E-state index is 0.163. The molecule has 3 aromatic rings. The lowest BCUT2D eigenvalue weighted by molar-refractivity contribution is -0.152. The Morgan fingerprint density at radius 1 is 0.917 bits per heavy atom. The van der Waals surface area contributed by atoms with Gasteiger partial charge in [0.2, 0.25) is 15.9 Å². The maximum absolute atomic E-state index is 15.7. The number of rotatable bonds is 16. The zero-order chi connectivity index (χ0) is 35.5. The molecular formula is C34H42F2N4O7S. The van der Waals surface area contributed by atoms with Crippen LogP contribution in [0.2, 0.25) is 0 Å². The maximum Gasteiger partial charge on any atom is 0.407 e. The molecule has 0 fully saturated rings. The van der Waals surface area contributed by atoms with Crippen molar-refractivity contribution in [3.8, 4) is 0 Å². The number of halogens is 2. The average Bonchev–Trinajstić information content (AvgIpc) is 3.04. The number of ether oxygens (including phenoxy) is 2. The van der Waals surface area contributed by atoms with Gasteiger partial charge in [-0.15, -0.1) is 0 Å². The van der Waals surface area contributed by atoms with E-state index in [1.807, 2.05) is 0 Å². The number of nitrogen functional groups attached to an aromatic ring is 1. The van der Waals surface area contributed by atoms with E-state index in [0.29, 0.717) is 21.1 Å². The van der Waals surface area contributed by atoms with Crippen LogP contribution in [0.1, 0.15) is 50.7 Å². The van der Waals surface area contributed by atoms with E-state index in [2.05, 4.69) is 10.6 Å². The summed E-state index contributed by atoms with van der Waals surface area (Å²) < 4.78 is 69.1. The largest absolute Gasteiger partial charge is 0.465 e. The predicted molar refractivity (Wildman–Crippen MR) is 177 cm³/mol. The Kier molecular flexibility index (Phi) is 13.4. The van der Waals surface area contributed by atoms with Crippen molar-refractivity contribution in [2.24, 2.45) is 0 Å². The van der Waals surface area contributed by atoms with E-state index < -0.39 is 77.3 Å². The van der Waals surface area contributed by atoms with Crippen LogP contribution in [-0.4, -0.2) is 75.0 Å². The quantitative estimate of drug-likeness (QED) is 0.145. The molecule has 11 nitrogen and oxygen atoms in total. The fourth-order valence-corrected chi connectivity index (χ4v) is 7.10. The summed E-state index contributed by atoms with van der Waals surface area (Å²) in [5.74, 6) is -6.24. The lowest BCUT2D eigenvalue weighted by Crippen LogP contribution is -2.52. The van der Waals surface area contributed by atoms with E-state index in [1.54, 1.807) is 60.7 Å². The minimum atomic E-state index is -4.45. The van der Waals surface area contributed by atoms with Crippen molar-refractivity contribution in [3.63, 3.8) is 0 Å². The van der Waals surface area contributed by atoms with Crippen molar-refractivity contribution in [2.45, 2.75) is 68.5 Å². The number of nitrogens with zero attached hydrogens (tertiary/aromatic N) is 1. The molecule has 4 N–H and O–H groups in total. The van der Waals surface area contributed by atoms with Gasteiger partial charge in [0.1, 0.15) is 12.1 Å². The number of alkyl halides is 2. The Balaban J connectivity index is 1.86. The highest BCUT2D eigenvalue weighted by Gasteiger charge is 2.45. The van der Waals surface area contributed by atoms with Crippen molar-refractivity contribution in [1.82, 2.24) is 14.9 Å². The van der Waals surface area contributed by atoms with Crippen LogP contribution in [0.5, 0.6) is 0 Å². The molecule has 0 heterocycles. The van der Waals surface area contributed by atoms with Crippen molar-refractivity contribution in [3.05, 3.63) is 96.1 Å². The number of nitrogens with one attached hydrogen (secondary N) is 2. The number of hydrogen-bond donors (Lipinski definition) is 3. The Labute approximate surface area is 279 Å². The number of benzene rings is 3. The molecule has 260 valence electrons. The van der Waals surface area contributed by atoms with Gasteiger partial charge in [0.05, 0.1) is 18.6 Å². The molecule has 0 aliphatic heterocycles. The third-order valence-electron chi connectivity index (χ3n) is 7.50. The van der Waals surface area contributed by atoms with Crippen LogP contribution in [0.25, 0.3) is 0 Å². The van der Waals surface area contributed by atoms with Gasteiger partial charge in [0.15, 0.2) is 0 Å². The second kappa shape index (κ2) is 17.0. The molecule has 0 spiro atoms. The Bertz CT molecular complexity index is 1570. The van der Waals surface area contributed by atoms with E-state index in [4.69, 9.17) is 15.2 Å². The summed E-state index contributed by atoms with van der Waals surface area (Å²) in [4.78, 5) is 38.8. The first-order valence-electron chi connectivity index (χ1n) is 15.4. The molecule has 2 unspecified atom stereocenters. The van der Waals surface area contributed by atoms with E-state index in [0.717, 1.165) is 7.11 Å². The highest BCUT2D eigenvalue weighted by atomic mass is 32.2. The van der Waals surface area contributed by atoms with Gasteiger partial charge in [-0.05, 0) is 56.2 Å². The van der Waals surface area contributed by atoms with Gasteiger partial charge in [0.25, 0.3) is 5.92 Å². The van der Waals surface area contributed by atoms with Gasteiger partial charge in [-0.3, -0.25) is 9.59 Å². The number of amides is 2. The Morgan fingerprint density at radius 3 is 1.94 bits per heavy atom. The molecule has 0 radical (unpaired) electrons. The third-order valence-corrected chi connectivity index (χ3v) is 9.60. The number of sulfonamides is 1. The van der Waals surface area contributed by atoms with Crippen molar-refractivity contribution < 1.29 is 41.1 Å². The summed E-state index contributed by atoms with van der Waals surface area (Å²) in [5, 5.41) is 5.01. The number of carbonyl (C=O) groups excluding carboxylic acids is 3. The summed E-state index contributed by atoms with van der Waals surface area (Å²) in [6, 6.07) is 18.9. The fourth-order valence-electron chi connectivity index (χ4n) is 5.33. The van der Waals surface area contributed by atoms with Gasteiger partial charge in [0, 0.05) is 37.0 Å². The predicted octanol–water partition coefficient (Wildman–Crippen LogP) is 4.69. The molecule has 2 atom stereocenters. The standard InChI is InChI=1S/C34H42F2N4O7S/c1-5-47-32(42)28(40(23(2)3)48(44,45)27-18-16-26(37)17-19-27)22-34(35,36)20-21-38-31(41)30(39-33(43)46-4)29(24-12-8-6-9-13-24)25-14-10-7-11-15-25/h6-19,23,28-30H,5,20-22,37H2,1-4H3,(H,38,41)(H,39,43). The van der Waals surface area contributed by atoms with Gasteiger partial charge in [-0.1, -0.05) is 60.7 Å². The first-order valence-corrected chi connectivity index (χ1v) is 16.8. The van der Waals surface area contributed by atoms with Crippen LogP contribution in [0.3, 0.4) is 0 Å². The zero-order valence-electron chi connectivity index (χ0n) is 27.3. The van der Waals surface area contributed by atoms with Crippen LogP contribution in [0.4, 0.5) is 19.3 Å². The highest BCUT2D eigenvalue weighted by Crippen LogP contribution is 2.32. The molecule has 3 rings (SSSR count). The maximum atomic E-state index is 15.7. The summed E-state index contributed by atoms with van der Waals surface area (Å²) in [6.45, 7) is 3.67. The second-order valence-corrected chi connectivity index (χ2v) is 13.1. The number of methoxy groups -OCH3 is 1. The first-order chi connectivity index (χ1) is 22.7. The highest BCUT2D eigenvalue weighted by molar-refractivity contribution is 7.89. The van der Waals surface area contributed by atoms with Crippen LogP contribution < -0.4 is 16.4 Å². The van der Waals surface area contributed by atoms with Crippen LogP contribution >= 0.6 is 0 Å². The number of esters is 1. The van der Waals surface area contributed by atoms with Crippen molar-refractivity contribution in [2.75, 3.05) is 26.0 Å². The van der Waals surface area contributed by atoms with Gasteiger partial charge in [-0.2, -0.15) is 4.31 Å². The molecule has 0 bridgehead atoms. The topological polar surface area (TPSA) is 157 Å². The van der Waals surface area contributed by atoms with Crippen molar-refractivity contribution >= 4 is 33.7 Å². The van der Waals surface area contributed by atoms with E-state index in [1.165, 1.54) is 45.0 Å². The second-order valence-electron chi connectivity index (χ2n) is 11.3. The number of anilines is 1. The smallest absolute Gasteiger partial charge is 0.407 e. The van der Waals surface area contributed by atoms with Gasteiger partial charge < -0.3 is 25.8 Å². The van der Waals surface area contributed by atoms with Crippen LogP contribution in [0, 0.1) is 0 Å². The molecule has 0 saturated carbocycles. The van der Waals surface area contributed by atoms with Crippen LogP contribution in [-0.2, 0) is 29.1 Å². The molecule has 0 aliphatic carbocycles. The first kappa shape index (κ1) is 37.9. The summed E-state index contributed by atoms with van der Waals surface area (Å²) in [7, 11) is -3.31. The van der Waals surface area contributed by atoms with E-state index >= 15 is 8.78 Å². The molecule has 48 heavy (non-hydrogen) atoms. The summed E-state index contributed by atoms with van der Waals surface area (Å²) in [5.41, 5.74) is 7.34. The molecule has 0 saturated heterocycles. The molecule has 0 aliphatic rings. The molecule has 2 amide bonds. The molecular weight excluding hydrogens is 646 g/mol. The molecule has 14 heteroatoms.